The monoisotopic (exact) mass is 345 g/mol. The number of carbonyl (C=O) groups excluding carboxylic acids is 2. The second-order valence-electron chi connectivity index (χ2n) is 5.14. The van der Waals surface area contributed by atoms with Crippen molar-refractivity contribution < 1.29 is 14.3 Å². The number of hydrogen-bond acceptors (Lipinski definition) is 6. The van der Waals surface area contributed by atoms with E-state index in [4.69, 9.17) is 4.74 Å². The van der Waals surface area contributed by atoms with E-state index in [2.05, 4.69) is 16.9 Å². The number of carbonyl (C=O) groups is 2. The number of hydrogen-bond donors (Lipinski definition) is 1. The lowest BCUT2D eigenvalue weighted by Gasteiger charge is -2.20. The fourth-order valence-corrected chi connectivity index (χ4v) is 2.59. The van der Waals surface area contributed by atoms with Crippen LogP contribution in [0.4, 0.5) is 5.13 Å². The highest BCUT2D eigenvalue weighted by Crippen LogP contribution is 2.23. The minimum Gasteiger partial charge on any atom is -0.443 e. The highest BCUT2D eigenvalue weighted by molar-refractivity contribution is 7.13. The normalized spacial score (nSPS) is 11.4. The molecule has 0 aliphatic rings. The van der Waals surface area contributed by atoms with Gasteiger partial charge in [0.05, 0.1) is 0 Å². The van der Waals surface area contributed by atoms with Gasteiger partial charge in [-0.25, -0.2) is 9.78 Å². The van der Waals surface area contributed by atoms with Gasteiger partial charge >= 0.3 is 5.97 Å². The molecule has 0 aliphatic carbocycles. The van der Waals surface area contributed by atoms with E-state index in [0.29, 0.717) is 17.2 Å². The van der Waals surface area contributed by atoms with E-state index in [1.807, 2.05) is 6.07 Å². The maximum absolute atomic E-state index is 12.4. The van der Waals surface area contributed by atoms with Crippen LogP contribution >= 0.6 is 11.3 Å². The van der Waals surface area contributed by atoms with Crippen LogP contribution in [-0.4, -0.2) is 42.4 Å². The Kier molecular flexibility index (Phi) is 6.08. The molecular formula is C17H19N3O3S. The van der Waals surface area contributed by atoms with E-state index in [9.17, 15) is 9.59 Å². The molecule has 0 spiro atoms. The van der Waals surface area contributed by atoms with Crippen molar-refractivity contribution in [1.82, 2.24) is 9.88 Å². The van der Waals surface area contributed by atoms with Crippen molar-refractivity contribution in [2.75, 3.05) is 26.0 Å². The fourth-order valence-electron chi connectivity index (χ4n) is 1.90. The molecule has 0 aliphatic heterocycles. The number of thiazole rings is 1. The molecule has 0 fully saturated rings. The lowest BCUT2D eigenvalue weighted by atomic mass is 10.1. The SMILES string of the molecule is C=CCNc1nc(C(=O)O[C@H](C(=O)N(C)C)c2ccccc2)cs1. The van der Waals surface area contributed by atoms with Crippen molar-refractivity contribution in [2.45, 2.75) is 6.10 Å². The predicted molar refractivity (Wildman–Crippen MR) is 94.1 cm³/mol. The van der Waals surface area contributed by atoms with Gasteiger partial charge in [0.15, 0.2) is 10.8 Å². The molecule has 6 nitrogen and oxygen atoms in total. The lowest BCUT2D eigenvalue weighted by Crippen LogP contribution is -2.31. The van der Waals surface area contributed by atoms with Gasteiger partial charge in [-0.2, -0.15) is 0 Å². The number of likely N-dealkylation sites (N-methyl/N-ethyl adjacent to an activating group) is 1. The number of amides is 1. The van der Waals surface area contributed by atoms with Crippen molar-refractivity contribution in [2.24, 2.45) is 0 Å². The minimum absolute atomic E-state index is 0.166. The number of nitrogens with zero attached hydrogens (tertiary/aromatic N) is 2. The summed E-state index contributed by atoms with van der Waals surface area (Å²) in [6.07, 6.45) is 0.695. The molecule has 126 valence electrons. The number of rotatable bonds is 7. The molecule has 0 bridgehead atoms. The number of aromatic nitrogens is 1. The highest BCUT2D eigenvalue weighted by Gasteiger charge is 2.27. The van der Waals surface area contributed by atoms with Crippen LogP contribution < -0.4 is 5.32 Å². The number of benzene rings is 1. The number of esters is 1. The van der Waals surface area contributed by atoms with Crippen molar-refractivity contribution in [1.29, 1.82) is 0 Å². The summed E-state index contributed by atoms with van der Waals surface area (Å²) in [6, 6.07) is 8.91. The smallest absolute Gasteiger partial charge is 0.359 e. The number of ether oxygens (including phenoxy) is 1. The van der Waals surface area contributed by atoms with Crippen LogP contribution in [0.15, 0.2) is 48.4 Å². The first-order valence-electron chi connectivity index (χ1n) is 7.30. The van der Waals surface area contributed by atoms with Gasteiger partial charge < -0.3 is 15.0 Å². The van der Waals surface area contributed by atoms with Crippen molar-refractivity contribution in [3.8, 4) is 0 Å². The van der Waals surface area contributed by atoms with E-state index in [1.165, 1.54) is 16.2 Å². The molecule has 1 amide bonds. The second-order valence-corrected chi connectivity index (χ2v) is 5.99. The van der Waals surface area contributed by atoms with Crippen LogP contribution in [0.3, 0.4) is 0 Å². The van der Waals surface area contributed by atoms with Crippen LogP contribution in [0, 0.1) is 0 Å². The first kappa shape index (κ1) is 17.7. The molecule has 2 aromatic rings. The Labute approximate surface area is 144 Å². The maximum atomic E-state index is 12.4. The first-order valence-corrected chi connectivity index (χ1v) is 8.18. The molecular weight excluding hydrogens is 326 g/mol. The first-order chi connectivity index (χ1) is 11.5. The van der Waals surface area contributed by atoms with Gasteiger partial charge in [-0.15, -0.1) is 17.9 Å². The fraction of sp³-hybridized carbons (Fsp3) is 0.235. The average Bonchev–Trinajstić information content (AvgIpc) is 3.06. The zero-order chi connectivity index (χ0) is 17.5. The van der Waals surface area contributed by atoms with Gasteiger partial charge in [0, 0.05) is 31.6 Å². The third kappa shape index (κ3) is 4.42. The molecule has 7 heteroatoms. The van der Waals surface area contributed by atoms with Gasteiger partial charge in [-0.1, -0.05) is 36.4 Å². The summed E-state index contributed by atoms with van der Waals surface area (Å²) in [4.78, 5) is 30.3. The summed E-state index contributed by atoms with van der Waals surface area (Å²) in [5, 5.41) is 5.19. The summed E-state index contributed by atoms with van der Waals surface area (Å²) in [7, 11) is 3.23. The summed E-state index contributed by atoms with van der Waals surface area (Å²) in [5.74, 6) is -0.947. The zero-order valence-electron chi connectivity index (χ0n) is 13.6. The van der Waals surface area contributed by atoms with Crippen LogP contribution in [0.25, 0.3) is 0 Å². The Morgan fingerprint density at radius 3 is 2.71 bits per heavy atom. The molecule has 0 saturated carbocycles. The van der Waals surface area contributed by atoms with Crippen molar-refractivity contribution in [3.05, 3.63) is 59.6 Å². The Morgan fingerprint density at radius 2 is 2.08 bits per heavy atom. The average molecular weight is 345 g/mol. The topological polar surface area (TPSA) is 71.5 Å². The quantitative estimate of drug-likeness (QED) is 0.617. The molecule has 0 radical (unpaired) electrons. The molecule has 1 aromatic heterocycles. The minimum atomic E-state index is -1.00. The van der Waals surface area contributed by atoms with Crippen molar-refractivity contribution in [3.63, 3.8) is 0 Å². The summed E-state index contributed by atoms with van der Waals surface area (Å²) in [6.45, 7) is 4.16. The summed E-state index contributed by atoms with van der Waals surface area (Å²) in [5.41, 5.74) is 0.781. The standard InChI is InChI=1S/C17H19N3O3S/c1-4-10-18-17-19-13(11-24-17)16(22)23-14(15(21)20(2)3)12-8-6-5-7-9-12/h4-9,11,14H,1,10H2,2-3H3,(H,18,19)/t14-/m0/s1. The van der Waals surface area contributed by atoms with E-state index in [0.717, 1.165) is 0 Å². The van der Waals surface area contributed by atoms with Crippen molar-refractivity contribution >= 4 is 28.3 Å². The van der Waals surface area contributed by atoms with Gasteiger partial charge in [-0.3, -0.25) is 4.79 Å². The van der Waals surface area contributed by atoms with Crippen LogP contribution in [0.1, 0.15) is 22.2 Å². The number of anilines is 1. The molecule has 0 unspecified atom stereocenters. The second kappa shape index (κ2) is 8.26. The highest BCUT2D eigenvalue weighted by atomic mass is 32.1. The van der Waals surface area contributed by atoms with Crippen LogP contribution in [0.2, 0.25) is 0 Å². The van der Waals surface area contributed by atoms with Gasteiger partial charge in [0.1, 0.15) is 0 Å². The summed E-state index contributed by atoms with van der Waals surface area (Å²) < 4.78 is 5.43. The van der Waals surface area contributed by atoms with E-state index in [-0.39, 0.29) is 11.6 Å². The summed E-state index contributed by atoms with van der Waals surface area (Å²) >= 11 is 1.29. The molecule has 24 heavy (non-hydrogen) atoms. The molecule has 1 aromatic carbocycles. The Hall–Kier alpha value is -2.67. The molecule has 2 rings (SSSR count). The Bertz CT molecular complexity index is 713. The largest absolute Gasteiger partial charge is 0.443 e. The molecule has 0 saturated heterocycles. The van der Waals surface area contributed by atoms with E-state index < -0.39 is 12.1 Å². The van der Waals surface area contributed by atoms with Crippen LogP contribution in [0.5, 0.6) is 0 Å². The molecule has 1 heterocycles. The van der Waals surface area contributed by atoms with Crippen LogP contribution in [-0.2, 0) is 9.53 Å². The predicted octanol–water partition coefficient (Wildman–Crippen LogP) is 2.73. The molecule has 1 atom stereocenters. The Balaban J connectivity index is 2.16. The maximum Gasteiger partial charge on any atom is 0.359 e. The third-order valence-corrected chi connectivity index (χ3v) is 3.90. The van der Waals surface area contributed by atoms with Gasteiger partial charge in [0.25, 0.3) is 5.91 Å². The van der Waals surface area contributed by atoms with Gasteiger partial charge in [0.2, 0.25) is 6.10 Å². The Morgan fingerprint density at radius 1 is 1.38 bits per heavy atom. The zero-order valence-corrected chi connectivity index (χ0v) is 14.4. The van der Waals surface area contributed by atoms with E-state index >= 15 is 0 Å². The number of nitrogens with one attached hydrogen (secondary N) is 1. The third-order valence-electron chi connectivity index (χ3n) is 3.10. The molecule has 1 N–H and O–H groups in total. The lowest BCUT2D eigenvalue weighted by molar-refractivity contribution is -0.138. The van der Waals surface area contributed by atoms with E-state index in [1.54, 1.807) is 49.8 Å². The van der Waals surface area contributed by atoms with Gasteiger partial charge in [-0.05, 0) is 0 Å².